The minimum absolute atomic E-state index is 0. The Morgan fingerprint density at radius 3 is 2.74 bits per heavy atom. The van der Waals surface area contributed by atoms with Gasteiger partial charge in [0.2, 0.25) is 0 Å². The molecule has 0 aromatic heterocycles. The summed E-state index contributed by atoms with van der Waals surface area (Å²) in [4.78, 5) is 0.977. The smallest absolute Gasteiger partial charge is 0.134 e. The average molecular weight is 354 g/mol. The highest BCUT2D eigenvalue weighted by Crippen LogP contribution is 2.42. The first kappa shape index (κ1) is 18.1. The second-order valence-corrected chi connectivity index (χ2v) is 6.47. The van der Waals surface area contributed by atoms with E-state index in [-0.39, 0.29) is 24.3 Å². The van der Waals surface area contributed by atoms with Crippen molar-refractivity contribution >= 4 is 24.2 Å². The van der Waals surface area contributed by atoms with Gasteiger partial charge in [-0.2, -0.15) is 0 Å². The molecule has 3 rings (SSSR count). The van der Waals surface area contributed by atoms with E-state index in [1.54, 1.807) is 17.8 Å². The fraction of sp³-hybridized carbons (Fsp3) is 0.333. The van der Waals surface area contributed by atoms with Crippen LogP contribution in [0.3, 0.4) is 0 Å². The molecule has 2 aromatic carbocycles. The summed E-state index contributed by atoms with van der Waals surface area (Å²) in [5, 5.41) is 3.17. The highest BCUT2D eigenvalue weighted by molar-refractivity contribution is 7.99. The molecule has 5 heteroatoms. The first-order valence-electron chi connectivity index (χ1n) is 7.60. The van der Waals surface area contributed by atoms with Crippen molar-refractivity contribution in [2.75, 3.05) is 19.3 Å². The molecule has 2 aromatic rings. The lowest BCUT2D eigenvalue weighted by Gasteiger charge is -2.21. The zero-order valence-corrected chi connectivity index (χ0v) is 14.7. The number of fused-ring (bicyclic) bond motifs is 1. The maximum atomic E-state index is 13.9. The molecule has 0 saturated carbocycles. The number of rotatable bonds is 6. The van der Waals surface area contributed by atoms with Gasteiger partial charge in [-0.25, -0.2) is 4.39 Å². The van der Waals surface area contributed by atoms with Crippen LogP contribution < -0.4 is 10.1 Å². The van der Waals surface area contributed by atoms with E-state index in [0.717, 1.165) is 46.9 Å². The van der Waals surface area contributed by atoms with Crippen LogP contribution in [0.4, 0.5) is 4.39 Å². The van der Waals surface area contributed by atoms with Crippen LogP contribution >= 0.6 is 24.2 Å². The quantitative estimate of drug-likeness (QED) is 0.818. The van der Waals surface area contributed by atoms with Crippen molar-refractivity contribution in [1.82, 2.24) is 5.32 Å². The summed E-state index contributed by atoms with van der Waals surface area (Å²) in [5.74, 6) is 1.63. The summed E-state index contributed by atoms with van der Waals surface area (Å²) in [6.07, 6.45) is 1.64. The Bertz CT molecular complexity index is 638. The number of hydrogen-bond acceptors (Lipinski definition) is 3. The minimum atomic E-state index is -0.112. The van der Waals surface area contributed by atoms with Gasteiger partial charge in [0.25, 0.3) is 0 Å². The molecule has 1 N–H and O–H groups in total. The summed E-state index contributed by atoms with van der Waals surface area (Å²) in [6, 6.07) is 13.5. The number of benzene rings is 2. The van der Waals surface area contributed by atoms with E-state index in [0.29, 0.717) is 0 Å². The molecular weight excluding hydrogens is 333 g/mol. The molecule has 2 nitrogen and oxygen atoms in total. The zero-order valence-electron chi connectivity index (χ0n) is 13.0. The van der Waals surface area contributed by atoms with Crippen LogP contribution in [0.2, 0.25) is 0 Å². The molecule has 124 valence electrons. The molecule has 1 atom stereocenters. The lowest BCUT2D eigenvalue weighted by atomic mass is 10.1. The predicted molar refractivity (Wildman–Crippen MR) is 96.4 cm³/mol. The van der Waals surface area contributed by atoms with Gasteiger partial charge in [-0.3, -0.25) is 0 Å². The molecule has 0 spiro atoms. The number of nitrogens with one attached hydrogen (secondary N) is 1. The monoisotopic (exact) mass is 353 g/mol. The van der Waals surface area contributed by atoms with Crippen LogP contribution in [0.1, 0.15) is 23.7 Å². The van der Waals surface area contributed by atoms with E-state index >= 15 is 0 Å². The Kier molecular flexibility index (Phi) is 6.75. The standard InChI is InChI=1S/C18H20FNOS.ClH/c1-20-11-9-16(13-5-3-2-4-6-13)21-17-8-7-15(19)14-10-12-22-18(14)17;/h2-8,16,20H,9-12H2,1H3;1H/t16-;/m0./s1. The van der Waals surface area contributed by atoms with Crippen LogP contribution in [-0.2, 0) is 6.42 Å². The van der Waals surface area contributed by atoms with E-state index < -0.39 is 0 Å². The molecule has 0 radical (unpaired) electrons. The van der Waals surface area contributed by atoms with Crippen molar-refractivity contribution in [2.45, 2.75) is 23.8 Å². The van der Waals surface area contributed by atoms with Gasteiger partial charge in [0.15, 0.2) is 0 Å². The SMILES string of the molecule is CNCC[C@H](Oc1ccc(F)c2c1SCC2)c1ccccc1.Cl. The molecule has 1 heterocycles. The molecule has 0 amide bonds. The maximum absolute atomic E-state index is 13.9. The van der Waals surface area contributed by atoms with Gasteiger partial charge in [-0.05, 0) is 37.7 Å². The molecule has 0 bridgehead atoms. The number of halogens is 2. The lowest BCUT2D eigenvalue weighted by Crippen LogP contribution is -2.16. The average Bonchev–Trinajstić information content (AvgIpc) is 3.05. The largest absolute Gasteiger partial charge is 0.485 e. The molecular formula is C18H21ClFNOS. The summed E-state index contributed by atoms with van der Waals surface area (Å²) in [7, 11) is 1.94. The van der Waals surface area contributed by atoms with E-state index in [1.165, 1.54) is 6.07 Å². The van der Waals surface area contributed by atoms with Gasteiger partial charge in [-0.1, -0.05) is 30.3 Å². The van der Waals surface area contributed by atoms with Gasteiger partial charge in [0.05, 0.1) is 4.90 Å². The summed E-state index contributed by atoms with van der Waals surface area (Å²) in [6.45, 7) is 0.871. The van der Waals surface area contributed by atoms with E-state index in [9.17, 15) is 4.39 Å². The van der Waals surface area contributed by atoms with Crippen molar-refractivity contribution in [2.24, 2.45) is 0 Å². The van der Waals surface area contributed by atoms with Crippen LogP contribution in [-0.4, -0.2) is 19.3 Å². The molecule has 1 aliphatic rings. The van der Waals surface area contributed by atoms with Crippen molar-refractivity contribution in [1.29, 1.82) is 0 Å². The summed E-state index contributed by atoms with van der Waals surface area (Å²) < 4.78 is 20.1. The normalized spacial score (nSPS) is 14.0. The van der Waals surface area contributed by atoms with Gasteiger partial charge >= 0.3 is 0 Å². The summed E-state index contributed by atoms with van der Waals surface area (Å²) in [5.41, 5.74) is 1.96. The number of hydrogen-bond donors (Lipinski definition) is 1. The third-order valence-corrected chi connectivity index (χ3v) is 5.01. The highest BCUT2D eigenvalue weighted by Gasteiger charge is 2.23. The van der Waals surface area contributed by atoms with Gasteiger partial charge in [0, 0.05) is 17.7 Å². The van der Waals surface area contributed by atoms with E-state index in [2.05, 4.69) is 17.4 Å². The third-order valence-electron chi connectivity index (χ3n) is 3.86. The topological polar surface area (TPSA) is 21.3 Å². The predicted octanol–water partition coefficient (Wildman–Crippen LogP) is 4.63. The second kappa shape index (κ2) is 8.57. The van der Waals surface area contributed by atoms with Gasteiger partial charge < -0.3 is 10.1 Å². The summed E-state index contributed by atoms with van der Waals surface area (Å²) >= 11 is 1.69. The molecule has 0 aliphatic carbocycles. The number of ether oxygens (including phenoxy) is 1. The fourth-order valence-electron chi connectivity index (χ4n) is 2.71. The van der Waals surface area contributed by atoms with Gasteiger partial charge in [-0.15, -0.1) is 24.2 Å². The Hall–Kier alpha value is -1.23. The maximum Gasteiger partial charge on any atom is 0.134 e. The van der Waals surface area contributed by atoms with Crippen molar-refractivity contribution < 1.29 is 9.13 Å². The lowest BCUT2D eigenvalue weighted by molar-refractivity contribution is 0.189. The molecule has 0 unspecified atom stereocenters. The third kappa shape index (κ3) is 4.19. The fourth-order valence-corrected chi connectivity index (χ4v) is 3.85. The Labute approximate surface area is 147 Å². The molecule has 1 aliphatic heterocycles. The van der Waals surface area contributed by atoms with Crippen molar-refractivity contribution in [3.63, 3.8) is 0 Å². The minimum Gasteiger partial charge on any atom is -0.485 e. The Balaban J connectivity index is 0.00000192. The van der Waals surface area contributed by atoms with Crippen LogP contribution in [0, 0.1) is 5.82 Å². The van der Waals surface area contributed by atoms with E-state index in [1.807, 2.05) is 25.2 Å². The zero-order chi connectivity index (χ0) is 15.4. The van der Waals surface area contributed by atoms with Crippen molar-refractivity contribution in [3.8, 4) is 5.75 Å². The van der Waals surface area contributed by atoms with Crippen LogP contribution in [0.5, 0.6) is 5.75 Å². The Morgan fingerprint density at radius 2 is 2.00 bits per heavy atom. The van der Waals surface area contributed by atoms with E-state index in [4.69, 9.17) is 4.74 Å². The molecule has 0 saturated heterocycles. The van der Waals surface area contributed by atoms with Crippen molar-refractivity contribution in [3.05, 3.63) is 59.4 Å². The highest BCUT2D eigenvalue weighted by atomic mass is 35.5. The van der Waals surface area contributed by atoms with Crippen LogP contribution in [0.15, 0.2) is 47.4 Å². The first-order valence-corrected chi connectivity index (χ1v) is 8.58. The van der Waals surface area contributed by atoms with Crippen LogP contribution in [0.25, 0.3) is 0 Å². The molecule has 23 heavy (non-hydrogen) atoms. The number of thioether (sulfide) groups is 1. The second-order valence-electron chi connectivity index (χ2n) is 5.36. The Morgan fingerprint density at radius 1 is 1.22 bits per heavy atom. The molecule has 0 fully saturated rings. The first-order chi connectivity index (χ1) is 10.8. The van der Waals surface area contributed by atoms with Gasteiger partial charge in [0.1, 0.15) is 17.7 Å².